The summed E-state index contributed by atoms with van der Waals surface area (Å²) >= 11 is 1.13. The third-order valence-corrected chi connectivity index (χ3v) is 6.74. The second kappa shape index (κ2) is 11.3. The van der Waals surface area contributed by atoms with Gasteiger partial charge in [0.2, 0.25) is 0 Å². The Morgan fingerprint density at radius 1 is 1.22 bits per heavy atom. The van der Waals surface area contributed by atoms with Crippen LogP contribution in [0.1, 0.15) is 29.5 Å². The second-order valence-electron chi connectivity index (χ2n) is 8.41. The number of likely N-dealkylation sites (tertiary alicyclic amines) is 1. The summed E-state index contributed by atoms with van der Waals surface area (Å²) in [4.78, 5) is 19.4. The number of hydrogen-bond donors (Lipinski definition) is 2. The molecule has 0 unspecified atom stereocenters. The molecule has 0 aromatic heterocycles. The Labute approximate surface area is 214 Å². The Morgan fingerprint density at radius 2 is 1.95 bits per heavy atom. The zero-order valence-corrected chi connectivity index (χ0v) is 20.2. The minimum absolute atomic E-state index is 0.0507. The number of amidine groups is 1. The number of amides is 1. The number of halogens is 4. The SMILES string of the molecule is N#Cc1ccc(Oc2ccc(C=C3SC(=NC4CCN(CCO)CC4)NC3=O)cc2F)c(C(F)(F)F)c1. The van der Waals surface area contributed by atoms with Gasteiger partial charge < -0.3 is 20.1 Å². The van der Waals surface area contributed by atoms with Gasteiger partial charge in [-0.15, -0.1) is 0 Å². The smallest absolute Gasteiger partial charge is 0.420 e. The Kier molecular flexibility index (Phi) is 8.16. The zero-order chi connectivity index (χ0) is 26.6. The number of nitriles is 1. The van der Waals surface area contributed by atoms with Crippen LogP contribution < -0.4 is 10.1 Å². The molecule has 37 heavy (non-hydrogen) atoms. The van der Waals surface area contributed by atoms with E-state index in [1.807, 2.05) is 0 Å². The van der Waals surface area contributed by atoms with Crippen molar-refractivity contribution in [3.8, 4) is 17.6 Å². The lowest BCUT2D eigenvalue weighted by atomic mass is 10.1. The summed E-state index contributed by atoms with van der Waals surface area (Å²) in [6, 6.07) is 8.08. The van der Waals surface area contributed by atoms with Crippen LogP contribution in [0.4, 0.5) is 17.6 Å². The fourth-order valence-corrected chi connectivity index (χ4v) is 4.83. The molecule has 2 aromatic carbocycles. The standard InChI is InChI=1S/C25H22F4N4O3S/c26-19-12-15(1-4-21(19)36-20-3-2-16(14-30)11-18(20)25(27,28)29)13-22-23(35)32-24(37-22)31-17-5-7-33(8-6-17)9-10-34/h1-4,11-13,17,34H,5-10H2,(H,31,32,35). The number of carbonyl (C=O) groups excluding carboxylic acids is 1. The summed E-state index contributed by atoms with van der Waals surface area (Å²) in [7, 11) is 0. The van der Waals surface area contributed by atoms with Crippen LogP contribution in [0.2, 0.25) is 0 Å². The number of piperidine rings is 1. The number of ether oxygens (including phenoxy) is 1. The summed E-state index contributed by atoms with van der Waals surface area (Å²) in [5, 5.41) is 21.1. The van der Waals surface area contributed by atoms with Crippen LogP contribution in [0.25, 0.3) is 6.08 Å². The van der Waals surface area contributed by atoms with Crippen molar-refractivity contribution < 1.29 is 32.2 Å². The van der Waals surface area contributed by atoms with E-state index in [9.17, 15) is 22.4 Å². The number of aliphatic hydroxyl groups excluding tert-OH is 1. The molecule has 0 atom stereocenters. The Morgan fingerprint density at radius 3 is 2.59 bits per heavy atom. The van der Waals surface area contributed by atoms with Crippen molar-refractivity contribution in [1.29, 1.82) is 5.26 Å². The third kappa shape index (κ3) is 6.68. The molecule has 2 aliphatic heterocycles. The molecule has 12 heteroatoms. The fourth-order valence-electron chi connectivity index (χ4n) is 3.94. The maximum Gasteiger partial charge on any atom is 0.420 e. The number of hydrogen-bond acceptors (Lipinski definition) is 7. The molecule has 2 aromatic rings. The summed E-state index contributed by atoms with van der Waals surface area (Å²) in [5.41, 5.74) is -1.08. The van der Waals surface area contributed by atoms with Gasteiger partial charge in [0.15, 0.2) is 16.7 Å². The number of thioether (sulfide) groups is 1. The van der Waals surface area contributed by atoms with Crippen molar-refractivity contribution in [2.24, 2.45) is 4.99 Å². The molecular formula is C25H22F4N4O3S. The Balaban J connectivity index is 1.46. The first-order valence-corrected chi connectivity index (χ1v) is 12.2. The molecular weight excluding hydrogens is 512 g/mol. The second-order valence-corrected chi connectivity index (χ2v) is 9.44. The molecule has 7 nitrogen and oxygen atoms in total. The Hall–Kier alpha value is -3.40. The average Bonchev–Trinajstić information content (AvgIpc) is 3.20. The number of carbonyl (C=O) groups is 1. The van der Waals surface area contributed by atoms with Crippen molar-refractivity contribution in [1.82, 2.24) is 10.2 Å². The van der Waals surface area contributed by atoms with E-state index in [0.717, 1.165) is 55.9 Å². The molecule has 0 saturated carbocycles. The van der Waals surface area contributed by atoms with E-state index in [1.165, 1.54) is 18.2 Å². The van der Waals surface area contributed by atoms with Crippen LogP contribution in [-0.4, -0.2) is 53.4 Å². The van der Waals surface area contributed by atoms with Gasteiger partial charge in [0.1, 0.15) is 5.75 Å². The molecule has 1 amide bonds. The van der Waals surface area contributed by atoms with Gasteiger partial charge in [-0.1, -0.05) is 6.07 Å². The summed E-state index contributed by atoms with van der Waals surface area (Å²) in [6.07, 6.45) is -1.73. The van der Waals surface area contributed by atoms with Crippen LogP contribution in [-0.2, 0) is 11.0 Å². The lowest BCUT2D eigenvalue weighted by molar-refractivity contribution is -0.138. The van der Waals surface area contributed by atoms with E-state index in [1.54, 1.807) is 6.07 Å². The largest absolute Gasteiger partial charge is 0.454 e. The molecule has 2 N–H and O–H groups in total. The zero-order valence-electron chi connectivity index (χ0n) is 19.4. The van der Waals surface area contributed by atoms with Gasteiger partial charge in [-0.05, 0) is 66.6 Å². The first-order chi connectivity index (χ1) is 17.7. The molecule has 2 fully saturated rings. The number of β-amino-alcohol motifs (C(OH)–C–C–N with tert-alkyl or cyclic N) is 1. The predicted molar refractivity (Wildman–Crippen MR) is 130 cm³/mol. The number of rotatable bonds is 6. The van der Waals surface area contributed by atoms with E-state index in [2.05, 4.69) is 15.2 Å². The average molecular weight is 535 g/mol. The number of nitrogens with one attached hydrogen (secondary N) is 1. The van der Waals surface area contributed by atoms with E-state index in [-0.39, 0.29) is 24.1 Å². The quantitative estimate of drug-likeness (QED) is 0.418. The number of aliphatic imine (C=N–C) groups is 1. The fraction of sp³-hybridized carbons (Fsp3) is 0.320. The monoisotopic (exact) mass is 534 g/mol. The summed E-state index contributed by atoms with van der Waals surface area (Å²) in [5.74, 6) is -2.37. The molecule has 194 valence electrons. The molecule has 2 heterocycles. The maximum atomic E-state index is 14.7. The van der Waals surface area contributed by atoms with Crippen molar-refractivity contribution in [2.45, 2.75) is 25.1 Å². The topological polar surface area (TPSA) is 97.9 Å². The van der Waals surface area contributed by atoms with Crippen LogP contribution in [0, 0.1) is 17.1 Å². The number of aliphatic hydroxyl groups is 1. The van der Waals surface area contributed by atoms with Crippen molar-refractivity contribution in [2.75, 3.05) is 26.2 Å². The predicted octanol–water partition coefficient (Wildman–Crippen LogP) is 4.53. The van der Waals surface area contributed by atoms with E-state index in [0.29, 0.717) is 28.2 Å². The normalized spacial score (nSPS) is 19.3. The Bertz CT molecular complexity index is 1280. The van der Waals surface area contributed by atoms with Crippen molar-refractivity contribution in [3.05, 3.63) is 63.8 Å². The van der Waals surface area contributed by atoms with Crippen molar-refractivity contribution >= 4 is 28.9 Å². The number of nitrogens with zero attached hydrogens (tertiary/aromatic N) is 3. The first kappa shape index (κ1) is 26.7. The highest BCUT2D eigenvalue weighted by Crippen LogP contribution is 2.39. The van der Waals surface area contributed by atoms with Crippen LogP contribution >= 0.6 is 11.8 Å². The minimum Gasteiger partial charge on any atom is -0.454 e. The van der Waals surface area contributed by atoms with E-state index >= 15 is 0 Å². The van der Waals surface area contributed by atoms with Gasteiger partial charge in [-0.2, -0.15) is 18.4 Å². The molecule has 2 saturated heterocycles. The van der Waals surface area contributed by atoms with E-state index < -0.39 is 29.1 Å². The van der Waals surface area contributed by atoms with Gasteiger partial charge >= 0.3 is 6.18 Å². The molecule has 0 spiro atoms. The highest BCUT2D eigenvalue weighted by Gasteiger charge is 2.35. The molecule has 2 aliphatic rings. The van der Waals surface area contributed by atoms with Crippen LogP contribution in [0.15, 0.2) is 46.3 Å². The first-order valence-electron chi connectivity index (χ1n) is 11.4. The van der Waals surface area contributed by atoms with Gasteiger partial charge in [-0.3, -0.25) is 9.79 Å². The number of benzene rings is 2. The van der Waals surface area contributed by atoms with Gasteiger partial charge in [0.05, 0.1) is 34.7 Å². The van der Waals surface area contributed by atoms with Gasteiger partial charge in [0, 0.05) is 19.6 Å². The summed E-state index contributed by atoms with van der Waals surface area (Å²) in [6.45, 7) is 2.35. The maximum absolute atomic E-state index is 14.7. The minimum atomic E-state index is -4.80. The third-order valence-electron chi connectivity index (χ3n) is 5.81. The molecule has 0 radical (unpaired) electrons. The summed E-state index contributed by atoms with van der Waals surface area (Å²) < 4.78 is 60.0. The lowest BCUT2D eigenvalue weighted by Gasteiger charge is -2.29. The van der Waals surface area contributed by atoms with Crippen molar-refractivity contribution in [3.63, 3.8) is 0 Å². The highest BCUT2D eigenvalue weighted by molar-refractivity contribution is 8.18. The molecule has 0 bridgehead atoms. The molecule has 4 rings (SSSR count). The van der Waals surface area contributed by atoms with Gasteiger partial charge in [0.25, 0.3) is 5.91 Å². The highest BCUT2D eigenvalue weighted by atomic mass is 32.2. The van der Waals surface area contributed by atoms with Gasteiger partial charge in [-0.25, -0.2) is 4.39 Å². The van der Waals surface area contributed by atoms with Crippen LogP contribution in [0.3, 0.4) is 0 Å². The number of alkyl halides is 3. The van der Waals surface area contributed by atoms with E-state index in [4.69, 9.17) is 15.1 Å². The van der Waals surface area contributed by atoms with Crippen LogP contribution in [0.5, 0.6) is 11.5 Å². The molecule has 0 aliphatic carbocycles. The lowest BCUT2D eigenvalue weighted by Crippen LogP contribution is -2.37.